The number of nitrogens with zero attached hydrogens (tertiary/aromatic N) is 4. The van der Waals surface area contributed by atoms with Crippen LogP contribution in [0, 0.1) is 5.41 Å². The lowest BCUT2D eigenvalue weighted by Crippen LogP contribution is -2.45. The summed E-state index contributed by atoms with van der Waals surface area (Å²) in [5.41, 5.74) is 2.10. The van der Waals surface area contributed by atoms with Gasteiger partial charge < -0.3 is 24.7 Å². The molecule has 3 heterocycles. The van der Waals surface area contributed by atoms with Gasteiger partial charge in [0.1, 0.15) is 12.7 Å². The number of likely N-dealkylation sites (tertiary alicyclic amines) is 1. The van der Waals surface area contributed by atoms with Gasteiger partial charge in [-0.3, -0.25) is 19.5 Å². The van der Waals surface area contributed by atoms with Crippen molar-refractivity contribution in [3.63, 3.8) is 0 Å². The van der Waals surface area contributed by atoms with Gasteiger partial charge >= 0.3 is 5.97 Å². The lowest BCUT2D eigenvalue weighted by Gasteiger charge is -2.40. The molecule has 0 saturated carbocycles. The smallest absolute Gasteiger partial charge is 0.312 e. The average Bonchev–Trinajstić information content (AvgIpc) is 2.96. The van der Waals surface area contributed by atoms with Gasteiger partial charge in [0.05, 0.1) is 11.5 Å². The maximum absolute atomic E-state index is 13.5. The first-order chi connectivity index (χ1) is 18.8. The predicted molar refractivity (Wildman–Crippen MR) is 149 cm³/mol. The minimum Gasteiger partial charge on any atom is -0.462 e. The van der Waals surface area contributed by atoms with Gasteiger partial charge in [0.15, 0.2) is 0 Å². The Labute approximate surface area is 231 Å². The maximum atomic E-state index is 13.5. The number of ether oxygens (including phenoxy) is 1. The van der Waals surface area contributed by atoms with Crippen molar-refractivity contribution in [2.75, 3.05) is 51.8 Å². The van der Waals surface area contributed by atoms with Crippen LogP contribution in [0.4, 0.5) is 5.69 Å². The van der Waals surface area contributed by atoms with E-state index >= 15 is 0 Å². The third kappa shape index (κ3) is 7.56. The Bertz CT molecular complexity index is 1090. The number of anilines is 1. The molecule has 1 spiro atoms. The topological polar surface area (TPSA) is 106 Å². The fourth-order valence-corrected chi connectivity index (χ4v) is 5.53. The van der Waals surface area contributed by atoms with Crippen LogP contribution >= 0.6 is 0 Å². The van der Waals surface area contributed by atoms with Crippen molar-refractivity contribution in [1.82, 2.24) is 14.8 Å². The molecular weight excluding hydrogens is 496 g/mol. The van der Waals surface area contributed by atoms with Crippen LogP contribution in [0.3, 0.4) is 0 Å². The summed E-state index contributed by atoms with van der Waals surface area (Å²) in [5.74, 6) is -0.383. The molecule has 39 heavy (non-hydrogen) atoms. The van der Waals surface area contributed by atoms with E-state index < -0.39 is 17.6 Å². The van der Waals surface area contributed by atoms with Gasteiger partial charge in [-0.15, -0.1) is 0 Å². The Kier molecular flexibility index (Phi) is 9.94. The van der Waals surface area contributed by atoms with Crippen molar-refractivity contribution in [3.8, 4) is 0 Å². The second-order valence-corrected chi connectivity index (χ2v) is 11.1. The average molecular weight is 539 g/mol. The van der Waals surface area contributed by atoms with E-state index in [2.05, 4.69) is 9.88 Å². The van der Waals surface area contributed by atoms with Crippen molar-refractivity contribution < 1.29 is 24.5 Å². The molecule has 0 radical (unpaired) electrons. The zero-order chi connectivity index (χ0) is 27.8. The third-order valence-corrected chi connectivity index (χ3v) is 8.16. The summed E-state index contributed by atoms with van der Waals surface area (Å²) in [7, 11) is 3.87. The maximum Gasteiger partial charge on any atom is 0.312 e. The summed E-state index contributed by atoms with van der Waals surface area (Å²) in [6, 6.07) is 11.5. The van der Waals surface area contributed by atoms with Crippen LogP contribution in [0.5, 0.6) is 0 Å². The second kappa shape index (κ2) is 13.4. The number of esters is 1. The largest absolute Gasteiger partial charge is 0.462 e. The molecule has 1 aromatic heterocycles. The number of benzene rings is 1. The van der Waals surface area contributed by atoms with Crippen molar-refractivity contribution in [1.29, 1.82) is 0 Å². The van der Waals surface area contributed by atoms with Gasteiger partial charge in [-0.05, 0) is 81.1 Å². The highest BCUT2D eigenvalue weighted by atomic mass is 16.5. The van der Waals surface area contributed by atoms with E-state index in [1.807, 2.05) is 55.4 Å². The molecule has 9 nitrogen and oxygen atoms in total. The van der Waals surface area contributed by atoms with Gasteiger partial charge in [0.2, 0.25) is 0 Å². The molecule has 1 aromatic carbocycles. The molecule has 9 heteroatoms. The van der Waals surface area contributed by atoms with Crippen molar-refractivity contribution in [2.24, 2.45) is 5.41 Å². The highest BCUT2D eigenvalue weighted by Crippen LogP contribution is 2.38. The number of aromatic nitrogens is 1. The summed E-state index contributed by atoms with van der Waals surface area (Å²) in [5, 5.41) is 21.1. The molecule has 4 rings (SSSR count). The van der Waals surface area contributed by atoms with Crippen LogP contribution in [-0.2, 0) is 16.1 Å². The molecule has 2 N–H and O–H groups in total. The Morgan fingerprint density at radius 1 is 1.03 bits per heavy atom. The predicted octanol–water partition coefficient (Wildman–Crippen LogP) is 2.71. The van der Waals surface area contributed by atoms with Crippen LogP contribution in [0.1, 0.15) is 54.4 Å². The molecule has 0 unspecified atom stereocenters. The fourth-order valence-electron chi connectivity index (χ4n) is 5.53. The van der Waals surface area contributed by atoms with E-state index in [0.717, 1.165) is 38.2 Å². The number of hydrogen-bond donors (Lipinski definition) is 2. The van der Waals surface area contributed by atoms with E-state index in [4.69, 9.17) is 4.74 Å². The summed E-state index contributed by atoms with van der Waals surface area (Å²) in [6.45, 7) is 2.94. The highest BCUT2D eigenvalue weighted by Gasteiger charge is 2.42. The van der Waals surface area contributed by atoms with Crippen LogP contribution < -0.4 is 4.90 Å². The molecule has 0 aliphatic carbocycles. The van der Waals surface area contributed by atoms with Crippen molar-refractivity contribution in [2.45, 2.75) is 57.3 Å². The number of aliphatic hydroxyl groups excluding tert-OH is 2. The third-order valence-electron chi connectivity index (χ3n) is 8.16. The Morgan fingerprint density at radius 3 is 2.49 bits per heavy atom. The Balaban J connectivity index is 1.44. The quantitative estimate of drug-likeness (QED) is 0.573. The van der Waals surface area contributed by atoms with Crippen LogP contribution in [0.2, 0.25) is 0 Å². The zero-order valence-electron chi connectivity index (χ0n) is 23.2. The molecule has 2 aromatic rings. The molecule has 2 saturated heterocycles. The zero-order valence-corrected chi connectivity index (χ0v) is 23.2. The lowest BCUT2D eigenvalue weighted by molar-refractivity contribution is -0.165. The number of carbonyl (C=O) groups is 2. The SMILES string of the molecule is CN(C)c1cccc(C(=O)N2CCCCC3(CCN(Cc4ccncc4)CC3)C(=O)OC[C@@H](O)[C@@H](O)CC2)c1. The summed E-state index contributed by atoms with van der Waals surface area (Å²) < 4.78 is 5.60. The first-order valence-electron chi connectivity index (χ1n) is 14.0. The Hall–Kier alpha value is -3.01. The summed E-state index contributed by atoms with van der Waals surface area (Å²) in [6.07, 6.45) is 5.04. The molecule has 1 amide bonds. The van der Waals surface area contributed by atoms with E-state index in [9.17, 15) is 19.8 Å². The number of piperidine rings is 1. The number of pyridine rings is 1. The van der Waals surface area contributed by atoms with E-state index in [1.165, 1.54) is 5.56 Å². The van der Waals surface area contributed by atoms with E-state index in [0.29, 0.717) is 37.9 Å². The number of aliphatic hydroxyl groups is 2. The molecule has 2 aliphatic rings. The van der Waals surface area contributed by atoms with Gasteiger partial charge in [-0.1, -0.05) is 12.5 Å². The monoisotopic (exact) mass is 538 g/mol. The first-order valence-corrected chi connectivity index (χ1v) is 14.0. The Morgan fingerprint density at radius 2 is 1.77 bits per heavy atom. The molecule has 0 bridgehead atoms. The van der Waals surface area contributed by atoms with Gasteiger partial charge in [0, 0.05) is 57.4 Å². The fraction of sp³-hybridized carbons (Fsp3) is 0.567. The summed E-state index contributed by atoms with van der Waals surface area (Å²) >= 11 is 0. The van der Waals surface area contributed by atoms with Crippen molar-refractivity contribution in [3.05, 3.63) is 59.9 Å². The summed E-state index contributed by atoms with van der Waals surface area (Å²) in [4.78, 5) is 36.9. The standard InChI is InChI=1S/C30H42N4O5/c1-32(2)25-7-5-6-24(20-25)28(37)34-16-4-3-11-30(29(38)39-22-27(36)26(35)10-17-34)12-18-33(19-13-30)21-23-8-14-31-15-9-23/h5-9,14-15,20,26-27,35-36H,3-4,10-13,16-19,21-22H2,1-2H3/t26-,27+/m0/s1. The first kappa shape index (κ1) is 29.0. The van der Waals surface area contributed by atoms with E-state index in [-0.39, 0.29) is 24.9 Å². The number of carbonyl (C=O) groups excluding carboxylic acids is 2. The van der Waals surface area contributed by atoms with Gasteiger partial charge in [-0.25, -0.2) is 0 Å². The minimum absolute atomic E-state index is 0.0956. The number of cyclic esters (lactones) is 1. The van der Waals surface area contributed by atoms with Gasteiger partial charge in [-0.2, -0.15) is 0 Å². The number of hydrogen-bond acceptors (Lipinski definition) is 8. The second-order valence-electron chi connectivity index (χ2n) is 11.1. The number of rotatable bonds is 4. The van der Waals surface area contributed by atoms with Crippen molar-refractivity contribution >= 4 is 17.6 Å². The lowest BCUT2D eigenvalue weighted by atomic mass is 9.74. The number of amides is 1. The van der Waals surface area contributed by atoms with E-state index in [1.54, 1.807) is 17.3 Å². The normalized spacial score (nSPS) is 23.3. The van der Waals surface area contributed by atoms with Crippen LogP contribution in [-0.4, -0.2) is 96.0 Å². The highest BCUT2D eigenvalue weighted by molar-refractivity contribution is 5.95. The van der Waals surface area contributed by atoms with Crippen LogP contribution in [0.25, 0.3) is 0 Å². The molecular formula is C30H42N4O5. The minimum atomic E-state index is -1.20. The molecule has 2 atom stereocenters. The molecule has 2 aliphatic heterocycles. The van der Waals surface area contributed by atoms with Gasteiger partial charge in [0.25, 0.3) is 5.91 Å². The van der Waals surface area contributed by atoms with Crippen LogP contribution in [0.15, 0.2) is 48.8 Å². The molecule has 2 fully saturated rings. The molecule has 212 valence electrons.